The molecule has 0 aliphatic heterocycles. The number of phenolic OH excluding ortho intramolecular Hbond substituents is 1. The zero-order valence-electron chi connectivity index (χ0n) is 12.6. The molecule has 2 rings (SSSR count). The SMILES string of the molecule is Cc1cc(NC(C)c2cc(F)c(C)cc2F)c(C)cc1O. The van der Waals surface area contributed by atoms with Gasteiger partial charge >= 0.3 is 0 Å². The third-order valence-corrected chi connectivity index (χ3v) is 3.66. The first kappa shape index (κ1) is 15.3. The lowest BCUT2D eigenvalue weighted by Gasteiger charge is -2.19. The smallest absolute Gasteiger partial charge is 0.128 e. The number of hydrogen-bond acceptors (Lipinski definition) is 2. The van der Waals surface area contributed by atoms with Gasteiger partial charge < -0.3 is 10.4 Å². The minimum atomic E-state index is -0.429. The molecule has 112 valence electrons. The maximum absolute atomic E-state index is 14.0. The molecule has 0 bridgehead atoms. The van der Waals surface area contributed by atoms with Gasteiger partial charge in [0.05, 0.1) is 6.04 Å². The van der Waals surface area contributed by atoms with Crippen molar-refractivity contribution >= 4 is 5.69 Å². The molecular weight excluding hydrogens is 272 g/mol. The number of nitrogens with one attached hydrogen (secondary N) is 1. The van der Waals surface area contributed by atoms with Crippen molar-refractivity contribution in [3.63, 3.8) is 0 Å². The minimum absolute atomic E-state index is 0.221. The summed E-state index contributed by atoms with van der Waals surface area (Å²) in [6, 6.07) is 5.49. The predicted molar refractivity (Wildman–Crippen MR) is 80.7 cm³/mol. The number of aromatic hydroxyl groups is 1. The first-order chi connectivity index (χ1) is 9.79. The molecule has 2 nitrogen and oxygen atoms in total. The standard InChI is InChI=1S/C17H19F2NO/c1-9-5-15(19)13(8-14(9)18)12(4)20-16-6-11(3)17(21)7-10(16)2/h5-8,12,20-21H,1-4H3. The Bertz CT molecular complexity index is 683. The lowest BCUT2D eigenvalue weighted by atomic mass is 10.0. The first-order valence-corrected chi connectivity index (χ1v) is 6.82. The van der Waals surface area contributed by atoms with E-state index in [1.165, 1.54) is 19.1 Å². The van der Waals surface area contributed by atoms with Gasteiger partial charge in [-0.05, 0) is 68.7 Å². The van der Waals surface area contributed by atoms with Crippen molar-refractivity contribution in [1.29, 1.82) is 0 Å². The fraction of sp³-hybridized carbons (Fsp3) is 0.294. The molecule has 2 aromatic rings. The van der Waals surface area contributed by atoms with Crippen molar-refractivity contribution in [3.8, 4) is 5.75 Å². The lowest BCUT2D eigenvalue weighted by molar-refractivity contribution is 0.470. The first-order valence-electron chi connectivity index (χ1n) is 6.82. The molecule has 0 fully saturated rings. The Labute approximate surface area is 123 Å². The summed E-state index contributed by atoms with van der Waals surface area (Å²) in [6.45, 7) is 6.94. The van der Waals surface area contributed by atoms with E-state index in [0.717, 1.165) is 16.8 Å². The number of phenols is 1. The molecule has 0 saturated carbocycles. The van der Waals surface area contributed by atoms with Crippen LogP contribution in [0.4, 0.5) is 14.5 Å². The summed E-state index contributed by atoms with van der Waals surface area (Å²) < 4.78 is 27.6. The molecule has 0 spiro atoms. The topological polar surface area (TPSA) is 32.3 Å². The Morgan fingerprint density at radius 1 is 0.905 bits per heavy atom. The fourth-order valence-electron chi connectivity index (χ4n) is 2.26. The van der Waals surface area contributed by atoms with Crippen LogP contribution in [0.2, 0.25) is 0 Å². The molecule has 1 unspecified atom stereocenters. The normalized spacial score (nSPS) is 12.3. The van der Waals surface area contributed by atoms with Gasteiger partial charge in [0.25, 0.3) is 0 Å². The van der Waals surface area contributed by atoms with Crippen LogP contribution in [0, 0.1) is 32.4 Å². The highest BCUT2D eigenvalue weighted by molar-refractivity contribution is 5.57. The largest absolute Gasteiger partial charge is 0.508 e. The zero-order valence-corrected chi connectivity index (χ0v) is 12.6. The molecule has 0 amide bonds. The number of hydrogen-bond donors (Lipinski definition) is 2. The van der Waals surface area contributed by atoms with Crippen molar-refractivity contribution in [2.24, 2.45) is 0 Å². The molecule has 4 heteroatoms. The van der Waals surface area contributed by atoms with Gasteiger partial charge in [0.2, 0.25) is 0 Å². The van der Waals surface area contributed by atoms with E-state index in [4.69, 9.17) is 0 Å². The Morgan fingerprint density at radius 3 is 2.24 bits per heavy atom. The molecule has 21 heavy (non-hydrogen) atoms. The highest BCUT2D eigenvalue weighted by Crippen LogP contribution is 2.29. The molecular formula is C17H19F2NO. The monoisotopic (exact) mass is 291 g/mol. The van der Waals surface area contributed by atoms with Crippen molar-refractivity contribution in [2.45, 2.75) is 33.7 Å². The van der Waals surface area contributed by atoms with Gasteiger partial charge in [0.15, 0.2) is 0 Å². The third kappa shape index (κ3) is 3.15. The van der Waals surface area contributed by atoms with E-state index >= 15 is 0 Å². The maximum atomic E-state index is 14.0. The Hall–Kier alpha value is -2.10. The van der Waals surface area contributed by atoms with E-state index in [-0.39, 0.29) is 17.4 Å². The van der Waals surface area contributed by atoms with Crippen LogP contribution in [0.3, 0.4) is 0 Å². The Balaban J connectivity index is 2.32. The molecule has 0 saturated heterocycles. The summed E-state index contributed by atoms with van der Waals surface area (Å²) in [5, 5.41) is 12.8. The van der Waals surface area contributed by atoms with Crippen LogP contribution in [0.15, 0.2) is 24.3 Å². The van der Waals surface area contributed by atoms with E-state index in [2.05, 4.69) is 5.32 Å². The number of aryl methyl sites for hydroxylation is 3. The van der Waals surface area contributed by atoms with Gasteiger partial charge in [0.1, 0.15) is 17.4 Å². The second-order valence-electron chi connectivity index (χ2n) is 5.44. The van der Waals surface area contributed by atoms with Crippen LogP contribution in [-0.2, 0) is 0 Å². The zero-order chi connectivity index (χ0) is 15.7. The molecule has 0 aliphatic carbocycles. The van der Waals surface area contributed by atoms with Gasteiger partial charge in [-0.2, -0.15) is 0 Å². The van der Waals surface area contributed by atoms with Crippen LogP contribution in [0.1, 0.15) is 35.2 Å². The van der Waals surface area contributed by atoms with Crippen LogP contribution in [0.5, 0.6) is 5.75 Å². The average Bonchev–Trinajstić information content (AvgIpc) is 2.40. The molecule has 0 aliphatic rings. The third-order valence-electron chi connectivity index (χ3n) is 3.66. The molecule has 2 N–H and O–H groups in total. The maximum Gasteiger partial charge on any atom is 0.128 e. The van der Waals surface area contributed by atoms with Crippen LogP contribution < -0.4 is 5.32 Å². The van der Waals surface area contributed by atoms with Gasteiger partial charge in [-0.15, -0.1) is 0 Å². The van der Waals surface area contributed by atoms with Gasteiger partial charge in [-0.3, -0.25) is 0 Å². The van der Waals surface area contributed by atoms with Crippen molar-refractivity contribution in [1.82, 2.24) is 0 Å². The summed E-state index contributed by atoms with van der Waals surface area (Å²) >= 11 is 0. The van der Waals surface area contributed by atoms with E-state index in [1.807, 2.05) is 6.92 Å². The highest BCUT2D eigenvalue weighted by Gasteiger charge is 2.15. The van der Waals surface area contributed by atoms with Crippen LogP contribution in [-0.4, -0.2) is 5.11 Å². The number of rotatable bonds is 3. The van der Waals surface area contributed by atoms with Gasteiger partial charge in [-0.25, -0.2) is 8.78 Å². The quantitative estimate of drug-likeness (QED) is 0.798. The average molecular weight is 291 g/mol. The summed E-state index contributed by atoms with van der Waals surface area (Å²) in [5.41, 5.74) is 2.94. The van der Waals surface area contributed by atoms with Crippen molar-refractivity contribution < 1.29 is 13.9 Å². The predicted octanol–water partition coefficient (Wildman–Crippen LogP) is 4.77. The van der Waals surface area contributed by atoms with E-state index < -0.39 is 11.6 Å². The van der Waals surface area contributed by atoms with E-state index in [1.54, 1.807) is 26.0 Å². The highest BCUT2D eigenvalue weighted by atomic mass is 19.1. The molecule has 0 radical (unpaired) electrons. The van der Waals surface area contributed by atoms with Gasteiger partial charge in [0, 0.05) is 11.3 Å². The summed E-state index contributed by atoms with van der Waals surface area (Å²) in [4.78, 5) is 0. The van der Waals surface area contributed by atoms with E-state index in [0.29, 0.717) is 5.56 Å². The van der Waals surface area contributed by atoms with Crippen LogP contribution in [0.25, 0.3) is 0 Å². The summed E-state index contributed by atoms with van der Waals surface area (Å²) in [6.07, 6.45) is 0. The summed E-state index contributed by atoms with van der Waals surface area (Å²) in [5.74, 6) is -0.626. The van der Waals surface area contributed by atoms with E-state index in [9.17, 15) is 13.9 Å². The van der Waals surface area contributed by atoms with Crippen molar-refractivity contribution in [3.05, 3.63) is 58.2 Å². The van der Waals surface area contributed by atoms with Crippen molar-refractivity contribution in [2.75, 3.05) is 5.32 Å². The Morgan fingerprint density at radius 2 is 1.57 bits per heavy atom. The second-order valence-corrected chi connectivity index (χ2v) is 5.44. The number of anilines is 1. The molecule has 0 aromatic heterocycles. The van der Waals surface area contributed by atoms with Gasteiger partial charge in [-0.1, -0.05) is 0 Å². The Kier molecular flexibility index (Phi) is 4.16. The summed E-state index contributed by atoms with van der Waals surface area (Å²) in [7, 11) is 0. The number of halogens is 2. The van der Waals surface area contributed by atoms with Crippen LogP contribution >= 0.6 is 0 Å². The lowest BCUT2D eigenvalue weighted by Crippen LogP contribution is -2.10. The molecule has 0 heterocycles. The molecule has 1 atom stereocenters. The minimum Gasteiger partial charge on any atom is -0.508 e. The second kappa shape index (κ2) is 5.72. The number of benzene rings is 2. The fourth-order valence-corrected chi connectivity index (χ4v) is 2.26. The molecule has 2 aromatic carbocycles.